The fourth-order valence-corrected chi connectivity index (χ4v) is 4.97. The first kappa shape index (κ1) is 24.0. The predicted octanol–water partition coefficient (Wildman–Crippen LogP) is 3.77. The van der Waals surface area contributed by atoms with Crippen LogP contribution in [-0.2, 0) is 4.79 Å². The molecule has 2 unspecified atom stereocenters. The normalized spacial score (nSPS) is 27.0. The Morgan fingerprint density at radius 3 is 2.35 bits per heavy atom. The van der Waals surface area contributed by atoms with Crippen LogP contribution in [0.1, 0.15) is 71.1 Å². The maximum Gasteiger partial charge on any atom is 0.220 e. The number of hydrogen-bond acceptors (Lipinski definition) is 3. The minimum absolute atomic E-state index is 0. The molecule has 0 aromatic carbocycles. The Morgan fingerprint density at radius 2 is 1.73 bits per heavy atom. The van der Waals surface area contributed by atoms with Gasteiger partial charge in [-0.3, -0.25) is 4.79 Å². The summed E-state index contributed by atoms with van der Waals surface area (Å²) in [6.45, 7) is 6.85. The molecular weight excluding hydrogens is 369 g/mol. The zero-order valence-corrected chi connectivity index (χ0v) is 18.0. The molecule has 0 spiro atoms. The molecule has 1 aliphatic carbocycles. The molecule has 2 atom stereocenters. The molecule has 6 heteroatoms. The van der Waals surface area contributed by atoms with Gasteiger partial charge in [0.1, 0.15) is 0 Å². The van der Waals surface area contributed by atoms with Gasteiger partial charge < -0.3 is 15.5 Å². The summed E-state index contributed by atoms with van der Waals surface area (Å²) >= 11 is 0. The molecule has 2 heterocycles. The van der Waals surface area contributed by atoms with Crippen LogP contribution >= 0.6 is 24.8 Å². The predicted molar refractivity (Wildman–Crippen MR) is 113 cm³/mol. The molecule has 154 valence electrons. The fraction of sp³-hybridized carbons (Fsp3) is 0.950. The summed E-state index contributed by atoms with van der Waals surface area (Å²) in [5.41, 5.74) is 0. The van der Waals surface area contributed by atoms with Gasteiger partial charge in [-0.2, -0.15) is 0 Å². The Bertz CT molecular complexity index is 391. The first-order chi connectivity index (χ1) is 11.7. The maximum absolute atomic E-state index is 12.4. The fourth-order valence-electron chi connectivity index (χ4n) is 4.97. The number of hydrogen-bond donors (Lipinski definition) is 2. The molecule has 2 saturated heterocycles. The lowest BCUT2D eigenvalue weighted by atomic mass is 9.85. The number of nitrogens with one attached hydrogen (secondary N) is 2. The first-order valence-corrected chi connectivity index (χ1v) is 10.5. The number of nitrogens with zero attached hydrogens (tertiary/aromatic N) is 1. The van der Waals surface area contributed by atoms with Gasteiger partial charge in [-0.05, 0) is 63.5 Å². The average molecular weight is 408 g/mol. The van der Waals surface area contributed by atoms with E-state index in [4.69, 9.17) is 0 Å². The molecule has 0 aromatic heterocycles. The summed E-state index contributed by atoms with van der Waals surface area (Å²) in [6.07, 6.45) is 12.6. The summed E-state index contributed by atoms with van der Waals surface area (Å²) in [5, 5.41) is 6.80. The second kappa shape index (κ2) is 12.4. The highest BCUT2D eigenvalue weighted by molar-refractivity contribution is 5.85. The van der Waals surface area contributed by atoms with Crippen LogP contribution in [0.3, 0.4) is 0 Å². The second-order valence-electron chi connectivity index (χ2n) is 8.46. The number of piperidine rings is 2. The summed E-state index contributed by atoms with van der Waals surface area (Å²) in [7, 11) is 0. The van der Waals surface area contributed by atoms with E-state index in [0.29, 0.717) is 24.3 Å². The van der Waals surface area contributed by atoms with Crippen LogP contribution in [0, 0.1) is 11.8 Å². The zero-order chi connectivity index (χ0) is 16.8. The quantitative estimate of drug-likeness (QED) is 0.728. The summed E-state index contributed by atoms with van der Waals surface area (Å²) in [5.74, 6) is 1.46. The summed E-state index contributed by atoms with van der Waals surface area (Å²) < 4.78 is 0. The van der Waals surface area contributed by atoms with Crippen molar-refractivity contribution in [1.82, 2.24) is 15.5 Å². The highest BCUT2D eigenvalue weighted by atomic mass is 35.5. The van der Waals surface area contributed by atoms with E-state index in [1.54, 1.807) is 0 Å². The Labute approximate surface area is 172 Å². The number of amides is 1. The van der Waals surface area contributed by atoms with Gasteiger partial charge in [0.25, 0.3) is 0 Å². The SMILES string of the molecule is CC(CC(=O)NC1CCN(C2CCCCC2)CC1)C1CCCNC1.Cl.Cl. The molecule has 3 aliphatic rings. The third-order valence-electron chi connectivity index (χ3n) is 6.63. The Morgan fingerprint density at radius 1 is 1.04 bits per heavy atom. The standard InChI is InChI=1S/C20H37N3O.2ClH/c1-16(17-6-5-11-21-15-17)14-20(24)22-18-9-12-23(13-10-18)19-7-3-2-4-8-19;;/h16-19,21H,2-15H2,1H3,(H,22,24);2*1H. The van der Waals surface area contributed by atoms with Crippen molar-refractivity contribution in [3.63, 3.8) is 0 Å². The molecule has 3 fully saturated rings. The molecule has 2 N–H and O–H groups in total. The van der Waals surface area contributed by atoms with Gasteiger partial charge in [0, 0.05) is 31.6 Å². The number of carbonyl (C=O) groups excluding carboxylic acids is 1. The van der Waals surface area contributed by atoms with Gasteiger partial charge in [0.15, 0.2) is 0 Å². The van der Waals surface area contributed by atoms with Crippen molar-refractivity contribution in [3.8, 4) is 0 Å². The molecule has 0 radical (unpaired) electrons. The van der Waals surface area contributed by atoms with Gasteiger partial charge in [-0.1, -0.05) is 26.2 Å². The van der Waals surface area contributed by atoms with E-state index in [9.17, 15) is 4.79 Å². The number of halogens is 2. The van der Waals surface area contributed by atoms with Crippen molar-refractivity contribution in [2.75, 3.05) is 26.2 Å². The van der Waals surface area contributed by atoms with Crippen molar-refractivity contribution in [2.45, 2.75) is 83.2 Å². The molecular formula is C20H39Cl2N3O. The van der Waals surface area contributed by atoms with E-state index in [-0.39, 0.29) is 30.7 Å². The average Bonchev–Trinajstić information content (AvgIpc) is 2.64. The van der Waals surface area contributed by atoms with Crippen molar-refractivity contribution in [1.29, 1.82) is 0 Å². The second-order valence-corrected chi connectivity index (χ2v) is 8.46. The third-order valence-corrected chi connectivity index (χ3v) is 6.63. The third kappa shape index (κ3) is 7.18. The van der Waals surface area contributed by atoms with Crippen molar-refractivity contribution >= 4 is 30.7 Å². The molecule has 26 heavy (non-hydrogen) atoms. The van der Waals surface area contributed by atoms with E-state index in [0.717, 1.165) is 32.0 Å². The van der Waals surface area contributed by atoms with Crippen molar-refractivity contribution in [3.05, 3.63) is 0 Å². The first-order valence-electron chi connectivity index (χ1n) is 10.5. The Hall–Kier alpha value is -0.0300. The molecule has 0 aromatic rings. The van der Waals surface area contributed by atoms with Crippen LogP contribution in [0.4, 0.5) is 0 Å². The zero-order valence-electron chi connectivity index (χ0n) is 16.4. The van der Waals surface area contributed by atoms with Gasteiger partial charge >= 0.3 is 0 Å². The molecule has 3 rings (SSSR count). The lowest BCUT2D eigenvalue weighted by Crippen LogP contribution is -2.48. The highest BCUT2D eigenvalue weighted by Crippen LogP contribution is 2.26. The maximum atomic E-state index is 12.4. The molecule has 0 bridgehead atoms. The lowest BCUT2D eigenvalue weighted by Gasteiger charge is -2.39. The van der Waals surface area contributed by atoms with Gasteiger partial charge in [-0.25, -0.2) is 0 Å². The summed E-state index contributed by atoms with van der Waals surface area (Å²) in [6, 6.07) is 1.24. The Kier molecular flexibility index (Phi) is 11.5. The number of rotatable bonds is 5. The van der Waals surface area contributed by atoms with Crippen LogP contribution in [-0.4, -0.2) is 49.1 Å². The smallest absolute Gasteiger partial charge is 0.220 e. The summed E-state index contributed by atoms with van der Waals surface area (Å²) in [4.78, 5) is 15.1. The number of likely N-dealkylation sites (tertiary alicyclic amines) is 1. The monoisotopic (exact) mass is 407 g/mol. The van der Waals surface area contributed by atoms with E-state index < -0.39 is 0 Å². The lowest BCUT2D eigenvalue weighted by molar-refractivity contribution is -0.123. The number of carbonyl (C=O) groups is 1. The molecule has 1 amide bonds. The van der Waals surface area contributed by atoms with Gasteiger partial charge in [0.2, 0.25) is 5.91 Å². The van der Waals surface area contributed by atoms with Crippen LogP contribution in [0.15, 0.2) is 0 Å². The van der Waals surface area contributed by atoms with E-state index in [1.807, 2.05) is 0 Å². The Balaban J connectivity index is 0.00000169. The molecule has 1 saturated carbocycles. The topological polar surface area (TPSA) is 44.4 Å². The molecule has 4 nitrogen and oxygen atoms in total. The van der Waals surface area contributed by atoms with Crippen LogP contribution in [0.25, 0.3) is 0 Å². The minimum atomic E-state index is 0. The minimum Gasteiger partial charge on any atom is -0.353 e. The van der Waals surface area contributed by atoms with Crippen LogP contribution in [0.2, 0.25) is 0 Å². The largest absolute Gasteiger partial charge is 0.353 e. The van der Waals surface area contributed by atoms with Gasteiger partial charge in [-0.15, -0.1) is 24.8 Å². The van der Waals surface area contributed by atoms with E-state index in [1.165, 1.54) is 58.0 Å². The van der Waals surface area contributed by atoms with Crippen molar-refractivity contribution in [2.24, 2.45) is 11.8 Å². The molecule has 2 aliphatic heterocycles. The van der Waals surface area contributed by atoms with Gasteiger partial charge in [0.05, 0.1) is 0 Å². The van der Waals surface area contributed by atoms with E-state index >= 15 is 0 Å². The van der Waals surface area contributed by atoms with Crippen LogP contribution in [0.5, 0.6) is 0 Å². The highest BCUT2D eigenvalue weighted by Gasteiger charge is 2.28. The van der Waals surface area contributed by atoms with E-state index in [2.05, 4.69) is 22.5 Å². The van der Waals surface area contributed by atoms with Crippen molar-refractivity contribution < 1.29 is 4.79 Å². The van der Waals surface area contributed by atoms with Crippen LogP contribution < -0.4 is 10.6 Å².